The fraction of sp³-hybridized carbons (Fsp3) is 0.282. The third-order valence-electron chi connectivity index (χ3n) is 27.1. The fourth-order valence-corrected chi connectivity index (χ4v) is 19.7. The van der Waals surface area contributed by atoms with Gasteiger partial charge in [0.05, 0.1) is 95.5 Å². The molecule has 0 radical (unpaired) electrons. The lowest BCUT2D eigenvalue weighted by Gasteiger charge is -2.34. The largest absolute Gasteiger partial charge is 0.494 e. The Morgan fingerprint density at radius 1 is 0.378 bits per heavy atom. The van der Waals surface area contributed by atoms with Gasteiger partial charge < -0.3 is 52.8 Å². The van der Waals surface area contributed by atoms with Crippen LogP contribution >= 0.6 is 0 Å². The van der Waals surface area contributed by atoms with Crippen LogP contribution in [0.3, 0.4) is 0 Å². The van der Waals surface area contributed by atoms with Crippen molar-refractivity contribution in [3.63, 3.8) is 0 Å². The highest BCUT2D eigenvalue weighted by Crippen LogP contribution is 2.44. The first-order chi connectivity index (χ1) is 71.7. The minimum Gasteiger partial charge on any atom is -0.494 e. The summed E-state index contributed by atoms with van der Waals surface area (Å²) in [6, 6.07) is 49.1. The molecule has 0 N–H and O–H groups in total. The Hall–Kier alpha value is -17.0. The van der Waals surface area contributed by atoms with Gasteiger partial charge >= 0.3 is 0 Å². The number of benzene rings is 8. The molecule has 0 aliphatic carbocycles. The minimum absolute atomic E-state index is 0.0446. The van der Waals surface area contributed by atoms with E-state index >= 15 is 0 Å². The van der Waals surface area contributed by atoms with E-state index in [0.717, 1.165) is 188 Å². The van der Waals surface area contributed by atoms with Crippen molar-refractivity contribution in [2.75, 3.05) is 67.1 Å². The predicted octanol–water partition coefficient (Wildman–Crippen LogP) is 23.3. The van der Waals surface area contributed by atoms with Gasteiger partial charge in [-0.1, -0.05) is 62.3 Å². The molecule has 756 valence electrons. The maximum Gasteiger partial charge on any atom is 0.298 e. The van der Waals surface area contributed by atoms with Gasteiger partial charge in [-0.05, 0) is 289 Å². The van der Waals surface area contributed by atoms with Gasteiger partial charge in [-0.15, -0.1) is 0 Å². The highest BCUT2D eigenvalue weighted by atomic mass is 19.1. The van der Waals surface area contributed by atoms with Gasteiger partial charge in [-0.25, -0.2) is 24.3 Å². The molecule has 4 fully saturated rings. The monoisotopic (exact) mass is 1990 g/mol. The summed E-state index contributed by atoms with van der Waals surface area (Å²) in [7, 11) is 4.25. The van der Waals surface area contributed by atoms with E-state index in [-0.39, 0.29) is 93.5 Å². The number of halogens is 4. The summed E-state index contributed by atoms with van der Waals surface area (Å²) in [5.74, 6) is 15.0. The number of amides is 4. The average Bonchev–Trinajstić information content (AvgIpc) is 1.60. The third-order valence-corrected chi connectivity index (χ3v) is 27.1. The molecule has 4 aliphatic heterocycles. The number of nitrogens with zero attached hydrogens (tertiary/aromatic N) is 16. The molecule has 148 heavy (non-hydrogen) atoms. The molecule has 0 saturated carbocycles. The zero-order chi connectivity index (χ0) is 104. The Morgan fingerprint density at radius 2 is 0.730 bits per heavy atom. The predicted molar refractivity (Wildman–Crippen MR) is 558 cm³/mol. The molecular weight excluding hydrogens is 1880 g/mol. The van der Waals surface area contributed by atoms with Gasteiger partial charge in [-0.3, -0.25) is 56.7 Å². The molecule has 16 aromatic rings. The lowest BCUT2D eigenvalue weighted by Crippen LogP contribution is -2.39. The van der Waals surface area contributed by atoms with Gasteiger partial charge in [0.1, 0.15) is 46.3 Å². The number of hydrogen-bond acceptors (Lipinski definition) is 19. The SMILES string of the molecule is C=CC(=O)N1CCCC[C@H]1c1nc(-c2ccc(Oc3cccc(OC)c3F)cc2)c2cncc(C)n12.C=CC(=O)N1CCC[C@@H](c2nc(-c3ccc(Oc4cccc(CC)c4F)cc3)c3c(C)ncc(C)n23)C1.CC#CC(=O)N1CCC[C@@H](c2nc(-c3ccc(Oc4cccc(OC)c4F)cc3)c3c(C)ncc(C)n23)C1.CC#CC(=O)N1CC[C@@H](c2nc(-c3ccc(Oc4cccc(OC)c4F)cc3)c3c(C)ncc(C)n23)C1. The molecule has 0 unspecified atom stereocenters. The first-order valence-corrected chi connectivity index (χ1v) is 49.3. The van der Waals surface area contributed by atoms with Gasteiger partial charge in [0.25, 0.3) is 11.8 Å². The van der Waals surface area contributed by atoms with Crippen molar-refractivity contribution in [1.82, 2.24) is 77.1 Å². The molecule has 0 spiro atoms. The van der Waals surface area contributed by atoms with Crippen LogP contribution in [-0.4, -0.2) is 168 Å². The lowest BCUT2D eigenvalue weighted by atomic mass is 9.97. The molecule has 4 atom stereocenters. The van der Waals surface area contributed by atoms with Crippen LogP contribution in [-0.2, 0) is 25.6 Å². The number of carbonyl (C=O) groups excluding carboxylic acids is 4. The molecule has 27 nitrogen and oxygen atoms in total. The smallest absolute Gasteiger partial charge is 0.298 e. The number of piperidine rings is 3. The number of methoxy groups -OCH3 is 3. The standard InChI is InChI=1S/C30H29FN4O3.C30H31FN4O2.C29H27FN4O3.C28H27FN4O3/c1-5-8-26(36)34-16-7-9-22(18-34)30-33-28(29-20(3)32-17-19(2)35(29)30)21-12-14-23(15-13-21)38-25-11-6-10-24(37-4)27(25)31;1-5-21-9-7-11-25(27(21)31)37-24-14-12-22(13-15-24)28-29-20(4)32-17-19(3)35(29)30(33-28)23-10-8-16-34(18-23)26(36)6-2;1-5-7-25(35)33-15-14-21(17-33)29-32-27(28-19(3)31-16-18(2)34(28)29)20-10-12-22(13-11-20)37-24-9-6-8-23(36-4)26(24)30;1-4-25(34)32-15-6-5-8-21(32)28-31-27(22-17-30-16-18(2)33(22)28)19-11-13-20(14-12-19)36-24-10-7-9-23(35-3)26(24)29/h6,10-15,17,22H,7,9,16,18H2,1-4H3;6-7,9,11-15,17,23H,2,5,8,10,16,18H2,1,3-4H3;6,8-13,16,21H,14-15,17H2,1-4H3;4,7,9-14,16-17,21H,1,5-6,8,15H2,2-3H3/t22-;23-;2*21-/m1110/s1. The number of fused-ring (bicyclic) bond motifs is 4. The second-order valence-corrected chi connectivity index (χ2v) is 36.6. The third kappa shape index (κ3) is 21.5. The molecule has 20 rings (SSSR count). The molecule has 12 heterocycles. The number of rotatable bonds is 22. The number of likely N-dealkylation sites (tertiary alicyclic amines) is 4. The van der Waals surface area contributed by atoms with Crippen LogP contribution in [0.4, 0.5) is 17.6 Å². The number of imidazole rings is 4. The molecule has 4 aliphatic rings. The second kappa shape index (κ2) is 45.5. The molecule has 8 aromatic carbocycles. The summed E-state index contributed by atoms with van der Waals surface area (Å²) >= 11 is 0. The van der Waals surface area contributed by atoms with Crippen molar-refractivity contribution >= 4 is 45.7 Å². The summed E-state index contributed by atoms with van der Waals surface area (Å²) in [6.45, 7) is 31.1. The van der Waals surface area contributed by atoms with Gasteiger partial charge in [-0.2, -0.15) is 13.2 Å². The zero-order valence-electron chi connectivity index (χ0n) is 84.9. The second-order valence-electron chi connectivity index (χ2n) is 36.6. The van der Waals surface area contributed by atoms with Crippen LogP contribution in [0.1, 0.15) is 165 Å². The fourth-order valence-electron chi connectivity index (χ4n) is 19.7. The van der Waals surface area contributed by atoms with Crippen LogP contribution in [0.2, 0.25) is 0 Å². The highest BCUT2D eigenvalue weighted by Gasteiger charge is 2.37. The maximum absolute atomic E-state index is 14.7. The van der Waals surface area contributed by atoms with Crippen molar-refractivity contribution in [3.8, 4) is 132 Å². The molecule has 0 bridgehead atoms. The van der Waals surface area contributed by atoms with E-state index in [4.69, 9.17) is 53.1 Å². The normalized spacial score (nSPS) is 15.4. The van der Waals surface area contributed by atoms with Crippen molar-refractivity contribution in [2.45, 2.75) is 151 Å². The van der Waals surface area contributed by atoms with Crippen LogP contribution in [0.15, 0.2) is 226 Å². The van der Waals surface area contributed by atoms with Crippen molar-refractivity contribution in [2.24, 2.45) is 0 Å². The molecule has 4 saturated heterocycles. The van der Waals surface area contributed by atoms with E-state index in [1.165, 1.54) is 33.5 Å². The highest BCUT2D eigenvalue weighted by molar-refractivity contribution is 5.95. The Morgan fingerprint density at radius 3 is 1.12 bits per heavy atom. The van der Waals surface area contributed by atoms with Crippen LogP contribution in [0.25, 0.3) is 67.1 Å². The van der Waals surface area contributed by atoms with E-state index < -0.39 is 17.5 Å². The van der Waals surface area contributed by atoms with Gasteiger partial charge in [0.2, 0.25) is 29.3 Å². The van der Waals surface area contributed by atoms with Crippen molar-refractivity contribution in [3.05, 3.63) is 318 Å². The van der Waals surface area contributed by atoms with E-state index in [9.17, 15) is 36.7 Å². The van der Waals surface area contributed by atoms with E-state index in [0.29, 0.717) is 74.3 Å². The van der Waals surface area contributed by atoms with Crippen LogP contribution in [0.5, 0.6) is 63.2 Å². The maximum atomic E-state index is 14.7. The summed E-state index contributed by atoms with van der Waals surface area (Å²) < 4.78 is 105. The summed E-state index contributed by atoms with van der Waals surface area (Å²) in [5, 5.41) is 0. The summed E-state index contributed by atoms with van der Waals surface area (Å²) in [6.07, 6.45) is 19.8. The summed E-state index contributed by atoms with van der Waals surface area (Å²) in [4.78, 5) is 95.6. The van der Waals surface area contributed by atoms with E-state index in [2.05, 4.69) is 74.4 Å². The minimum atomic E-state index is -0.554. The number of carbonyl (C=O) groups is 4. The molecule has 31 heteroatoms. The van der Waals surface area contributed by atoms with Gasteiger partial charge in [0, 0.05) is 133 Å². The lowest BCUT2D eigenvalue weighted by molar-refractivity contribution is -0.130. The number of hydrogen-bond donors (Lipinski definition) is 0. The molecule has 8 aromatic heterocycles. The first-order valence-electron chi connectivity index (χ1n) is 49.3. The van der Waals surface area contributed by atoms with Crippen molar-refractivity contribution < 1.29 is 69.9 Å². The quantitative estimate of drug-likeness (QED) is 0.0346. The van der Waals surface area contributed by atoms with Crippen LogP contribution < -0.4 is 33.2 Å². The van der Waals surface area contributed by atoms with Crippen LogP contribution in [0, 0.1) is 95.4 Å². The summed E-state index contributed by atoms with van der Waals surface area (Å²) in [5.41, 5.74) is 17.6. The Balaban J connectivity index is 0.000000135. The molecule has 4 amide bonds. The average molecular weight is 2000 g/mol. The Labute approximate surface area is 855 Å². The number of aromatic nitrogens is 12. The van der Waals surface area contributed by atoms with Gasteiger partial charge in [0.15, 0.2) is 46.1 Å². The topological polar surface area (TPSA) is 267 Å². The number of ether oxygens (including phenoxy) is 7. The molecular formula is C117H114F4N16O11. The Bertz CT molecular complexity index is 7850. The zero-order valence-corrected chi connectivity index (χ0v) is 84.9. The van der Waals surface area contributed by atoms with E-state index in [1.807, 2.05) is 149 Å². The first kappa shape index (κ1) is 102. The van der Waals surface area contributed by atoms with Crippen molar-refractivity contribution in [1.29, 1.82) is 0 Å². The number of aryl methyl sites for hydroxylation is 8. The van der Waals surface area contributed by atoms with E-state index in [1.54, 1.807) is 140 Å². The Kier molecular flexibility index (Phi) is 31.5.